The summed E-state index contributed by atoms with van der Waals surface area (Å²) in [4.78, 5) is 24.8. The van der Waals surface area contributed by atoms with Crippen LogP contribution in [0.25, 0.3) is 0 Å². The molecule has 0 aliphatic heterocycles. The largest absolute Gasteiger partial charge is 0.478 e. The Kier molecular flexibility index (Phi) is 9.54. The first-order valence-corrected chi connectivity index (χ1v) is 10.2. The molecule has 0 heterocycles. The van der Waals surface area contributed by atoms with Crippen molar-refractivity contribution in [3.63, 3.8) is 0 Å². The zero-order chi connectivity index (χ0) is 20.4. The molecule has 4 nitrogen and oxygen atoms in total. The van der Waals surface area contributed by atoms with E-state index in [4.69, 9.17) is 4.74 Å². The van der Waals surface area contributed by atoms with Crippen LogP contribution in [0.4, 0.5) is 0 Å². The summed E-state index contributed by atoms with van der Waals surface area (Å²) >= 11 is 0. The van der Waals surface area contributed by atoms with Gasteiger partial charge in [-0.25, -0.2) is 9.59 Å². The van der Waals surface area contributed by atoms with Crippen molar-refractivity contribution >= 4 is 11.9 Å². The highest BCUT2D eigenvalue weighted by atomic mass is 16.6. The fraction of sp³-hybridized carbons (Fsp3) is 0.652. The maximum atomic E-state index is 12.6. The minimum atomic E-state index is -1.14. The van der Waals surface area contributed by atoms with Crippen molar-refractivity contribution in [2.45, 2.75) is 79.2 Å². The summed E-state index contributed by atoms with van der Waals surface area (Å²) in [6.07, 6.45) is 4.33. The molecule has 0 aliphatic carbocycles. The third-order valence-electron chi connectivity index (χ3n) is 5.56. The fourth-order valence-corrected chi connectivity index (χ4v) is 3.69. The molecule has 0 spiro atoms. The van der Waals surface area contributed by atoms with Crippen LogP contribution in [0.1, 0.15) is 83.5 Å². The van der Waals surface area contributed by atoms with E-state index in [2.05, 4.69) is 34.6 Å². The summed E-state index contributed by atoms with van der Waals surface area (Å²) in [6, 6.07) is 8.63. The molecule has 0 saturated heterocycles. The molecule has 1 aromatic rings. The van der Waals surface area contributed by atoms with E-state index < -0.39 is 23.5 Å². The van der Waals surface area contributed by atoms with Crippen LogP contribution in [-0.2, 0) is 9.53 Å². The van der Waals surface area contributed by atoms with Gasteiger partial charge in [0, 0.05) is 5.41 Å². The number of carbonyl (C=O) groups excluding carboxylic acids is 1. The SMILES string of the molecule is CCCCCC(CCC(C)C)(C(C)C)C(OC(=O)c1ccccc1)C(=O)O. The Balaban J connectivity index is 3.19. The number of hydrogen-bond acceptors (Lipinski definition) is 3. The molecule has 1 aromatic carbocycles. The highest BCUT2D eigenvalue weighted by Gasteiger charge is 2.47. The predicted octanol–water partition coefficient (Wildman–Crippen LogP) is 5.96. The van der Waals surface area contributed by atoms with E-state index in [1.54, 1.807) is 24.3 Å². The minimum absolute atomic E-state index is 0.0952. The van der Waals surface area contributed by atoms with Gasteiger partial charge in [-0.3, -0.25) is 0 Å². The molecular formula is C23H36O4. The maximum absolute atomic E-state index is 12.6. The first kappa shape index (κ1) is 23.2. The first-order valence-electron chi connectivity index (χ1n) is 10.2. The van der Waals surface area contributed by atoms with Gasteiger partial charge in [-0.05, 0) is 36.8 Å². The number of unbranched alkanes of at least 4 members (excludes halogenated alkanes) is 2. The zero-order valence-corrected chi connectivity index (χ0v) is 17.5. The molecule has 0 aromatic heterocycles. The molecular weight excluding hydrogens is 340 g/mol. The van der Waals surface area contributed by atoms with Gasteiger partial charge >= 0.3 is 11.9 Å². The molecule has 0 radical (unpaired) electrons. The second kappa shape index (κ2) is 11.1. The van der Waals surface area contributed by atoms with Crippen molar-refractivity contribution in [3.8, 4) is 0 Å². The predicted molar refractivity (Wildman–Crippen MR) is 109 cm³/mol. The number of aliphatic carboxylic acids is 1. The molecule has 2 unspecified atom stereocenters. The van der Waals surface area contributed by atoms with Gasteiger partial charge < -0.3 is 9.84 Å². The second-order valence-electron chi connectivity index (χ2n) is 8.27. The van der Waals surface area contributed by atoms with Gasteiger partial charge in [-0.15, -0.1) is 0 Å². The number of benzene rings is 1. The van der Waals surface area contributed by atoms with E-state index in [1.165, 1.54) is 0 Å². The number of hydrogen-bond donors (Lipinski definition) is 1. The van der Waals surface area contributed by atoms with Crippen LogP contribution in [-0.4, -0.2) is 23.1 Å². The van der Waals surface area contributed by atoms with Crippen LogP contribution in [0, 0.1) is 17.3 Å². The number of rotatable bonds is 12. The van der Waals surface area contributed by atoms with E-state index >= 15 is 0 Å². The van der Waals surface area contributed by atoms with Gasteiger partial charge in [0.1, 0.15) is 0 Å². The monoisotopic (exact) mass is 376 g/mol. The first-order chi connectivity index (χ1) is 12.7. The lowest BCUT2D eigenvalue weighted by atomic mass is 9.65. The van der Waals surface area contributed by atoms with Crippen LogP contribution >= 0.6 is 0 Å². The van der Waals surface area contributed by atoms with E-state index in [0.717, 1.165) is 38.5 Å². The summed E-state index contributed by atoms with van der Waals surface area (Å²) in [5.41, 5.74) is -0.172. The van der Waals surface area contributed by atoms with Crippen LogP contribution < -0.4 is 0 Å². The van der Waals surface area contributed by atoms with Crippen molar-refractivity contribution in [2.75, 3.05) is 0 Å². The average molecular weight is 377 g/mol. The van der Waals surface area contributed by atoms with E-state index in [-0.39, 0.29) is 5.92 Å². The molecule has 0 aliphatic rings. The van der Waals surface area contributed by atoms with Crippen LogP contribution in [0.15, 0.2) is 30.3 Å². The molecule has 152 valence electrons. The molecule has 0 bridgehead atoms. The number of carboxylic acid groups (broad SMARTS) is 1. The normalized spacial score (nSPS) is 14.8. The highest BCUT2D eigenvalue weighted by molar-refractivity contribution is 5.91. The molecule has 0 fully saturated rings. The Bertz CT molecular complexity index is 579. The maximum Gasteiger partial charge on any atom is 0.345 e. The standard InChI is InChI=1S/C23H36O4/c1-6-7-11-15-23(18(4)5,16-14-17(2)3)20(21(24)25)27-22(26)19-12-9-8-10-13-19/h8-10,12-13,17-18,20H,6-7,11,14-16H2,1-5H3,(H,24,25). The van der Waals surface area contributed by atoms with E-state index in [1.807, 2.05) is 6.07 Å². The lowest BCUT2D eigenvalue weighted by Gasteiger charge is -2.42. The second-order valence-corrected chi connectivity index (χ2v) is 8.27. The van der Waals surface area contributed by atoms with E-state index in [0.29, 0.717) is 11.5 Å². The van der Waals surface area contributed by atoms with Gasteiger partial charge in [0.05, 0.1) is 5.56 Å². The summed E-state index contributed by atoms with van der Waals surface area (Å²) in [5.74, 6) is -1.05. The summed E-state index contributed by atoms with van der Waals surface area (Å²) in [7, 11) is 0. The van der Waals surface area contributed by atoms with Gasteiger partial charge in [-0.1, -0.05) is 78.5 Å². The third kappa shape index (κ3) is 6.67. The molecule has 1 rings (SSSR count). The third-order valence-corrected chi connectivity index (χ3v) is 5.56. The summed E-state index contributed by atoms with van der Waals surface area (Å²) < 4.78 is 5.65. The average Bonchev–Trinajstić information content (AvgIpc) is 2.63. The Morgan fingerprint density at radius 2 is 1.67 bits per heavy atom. The number of ether oxygens (including phenoxy) is 1. The van der Waals surface area contributed by atoms with E-state index in [9.17, 15) is 14.7 Å². The van der Waals surface area contributed by atoms with Crippen molar-refractivity contribution < 1.29 is 19.4 Å². The molecule has 0 saturated carbocycles. The fourth-order valence-electron chi connectivity index (χ4n) is 3.69. The molecule has 1 N–H and O–H groups in total. The van der Waals surface area contributed by atoms with Crippen LogP contribution in [0.3, 0.4) is 0 Å². The molecule has 27 heavy (non-hydrogen) atoms. The van der Waals surface area contributed by atoms with Crippen molar-refractivity contribution in [3.05, 3.63) is 35.9 Å². The van der Waals surface area contributed by atoms with Gasteiger partial charge in [0.15, 0.2) is 0 Å². The Morgan fingerprint density at radius 1 is 1.04 bits per heavy atom. The van der Waals surface area contributed by atoms with Crippen molar-refractivity contribution in [1.29, 1.82) is 0 Å². The Labute approximate surface area is 164 Å². The topological polar surface area (TPSA) is 63.6 Å². The van der Waals surface area contributed by atoms with Gasteiger partial charge in [0.2, 0.25) is 6.10 Å². The number of carbonyl (C=O) groups is 2. The van der Waals surface area contributed by atoms with Gasteiger partial charge in [0.25, 0.3) is 0 Å². The Hall–Kier alpha value is -1.84. The lowest BCUT2D eigenvalue weighted by molar-refractivity contribution is -0.160. The molecule has 4 heteroatoms. The lowest BCUT2D eigenvalue weighted by Crippen LogP contribution is -2.47. The summed E-state index contributed by atoms with van der Waals surface area (Å²) in [5, 5.41) is 10.00. The minimum Gasteiger partial charge on any atom is -0.478 e. The zero-order valence-electron chi connectivity index (χ0n) is 17.5. The van der Waals surface area contributed by atoms with Gasteiger partial charge in [-0.2, -0.15) is 0 Å². The van der Waals surface area contributed by atoms with Crippen LogP contribution in [0.2, 0.25) is 0 Å². The number of carboxylic acids is 1. The van der Waals surface area contributed by atoms with Crippen molar-refractivity contribution in [1.82, 2.24) is 0 Å². The summed E-state index contributed by atoms with van der Waals surface area (Å²) in [6.45, 7) is 10.5. The van der Waals surface area contributed by atoms with Crippen LogP contribution in [0.5, 0.6) is 0 Å². The van der Waals surface area contributed by atoms with Crippen molar-refractivity contribution in [2.24, 2.45) is 17.3 Å². The smallest absolute Gasteiger partial charge is 0.345 e. The molecule has 0 amide bonds. The Morgan fingerprint density at radius 3 is 2.15 bits per heavy atom. The highest BCUT2D eigenvalue weighted by Crippen LogP contribution is 2.44. The number of esters is 1. The molecule has 2 atom stereocenters. The quantitative estimate of drug-likeness (QED) is 0.361.